The van der Waals surface area contributed by atoms with E-state index in [9.17, 15) is 14.9 Å². The third-order valence-corrected chi connectivity index (χ3v) is 2.49. The summed E-state index contributed by atoms with van der Waals surface area (Å²) >= 11 is 0. The molecule has 0 saturated carbocycles. The molecule has 17 heavy (non-hydrogen) atoms. The van der Waals surface area contributed by atoms with Crippen LogP contribution in [0, 0.1) is 10.1 Å². The number of carbonyl (C=O) groups is 1. The van der Waals surface area contributed by atoms with Crippen LogP contribution in [-0.4, -0.2) is 16.9 Å². The molecule has 0 aliphatic carbocycles. The first kappa shape index (κ1) is 11.4. The molecule has 0 fully saturated rings. The normalized spacial score (nSPS) is 13.5. The molecule has 6 nitrogen and oxygen atoms in total. The third kappa shape index (κ3) is 2.20. The van der Waals surface area contributed by atoms with Crippen LogP contribution in [0.25, 0.3) is 0 Å². The summed E-state index contributed by atoms with van der Waals surface area (Å²) in [7, 11) is 0. The fraction of sp³-hybridized carbons (Fsp3) is 0.364. The summed E-state index contributed by atoms with van der Waals surface area (Å²) in [5.74, 6) is -0.129. The highest BCUT2D eigenvalue weighted by Crippen LogP contribution is 2.34. The Morgan fingerprint density at radius 1 is 1.47 bits per heavy atom. The number of nitrogens with one attached hydrogen (secondary N) is 2. The van der Waals surface area contributed by atoms with E-state index in [0.717, 1.165) is 0 Å². The molecule has 2 rings (SSSR count). The summed E-state index contributed by atoms with van der Waals surface area (Å²) in [5, 5.41) is 16.6. The molecule has 1 amide bonds. The maximum atomic E-state index is 11.2. The lowest BCUT2D eigenvalue weighted by molar-refractivity contribution is -0.384. The van der Waals surface area contributed by atoms with Crippen LogP contribution in [0.5, 0.6) is 0 Å². The van der Waals surface area contributed by atoms with Crippen molar-refractivity contribution in [2.24, 2.45) is 0 Å². The Bertz CT molecular complexity index is 497. The topological polar surface area (TPSA) is 84.3 Å². The molecule has 0 spiro atoms. The number of nitrogens with zero attached hydrogens (tertiary/aromatic N) is 1. The zero-order valence-electron chi connectivity index (χ0n) is 9.61. The second kappa shape index (κ2) is 4.04. The molecular weight excluding hydrogens is 222 g/mol. The van der Waals surface area contributed by atoms with Crippen molar-refractivity contribution in [3.63, 3.8) is 0 Å². The molecule has 6 heteroatoms. The standard InChI is InChI=1S/C11H13N3O3/c1-6(2)12-9-5-8-7(4-11(15)13-8)3-10(9)14(16)17/h3,5-6,12H,4H2,1-2H3,(H,13,15). The number of nitro benzene ring substituents is 1. The molecule has 1 aromatic carbocycles. The van der Waals surface area contributed by atoms with E-state index in [0.29, 0.717) is 16.9 Å². The first-order valence-electron chi connectivity index (χ1n) is 5.35. The summed E-state index contributed by atoms with van der Waals surface area (Å²) in [4.78, 5) is 21.7. The van der Waals surface area contributed by atoms with E-state index in [-0.39, 0.29) is 24.1 Å². The zero-order valence-corrected chi connectivity index (χ0v) is 9.61. The Hall–Kier alpha value is -2.11. The highest BCUT2D eigenvalue weighted by atomic mass is 16.6. The van der Waals surface area contributed by atoms with E-state index in [1.807, 2.05) is 13.8 Å². The second-order valence-corrected chi connectivity index (χ2v) is 4.31. The van der Waals surface area contributed by atoms with Gasteiger partial charge in [0.2, 0.25) is 5.91 Å². The molecule has 0 bridgehead atoms. The molecule has 0 aromatic heterocycles. The summed E-state index contributed by atoms with van der Waals surface area (Å²) in [6.45, 7) is 3.80. The van der Waals surface area contributed by atoms with Crippen LogP contribution >= 0.6 is 0 Å². The van der Waals surface area contributed by atoms with Gasteiger partial charge in [0.1, 0.15) is 5.69 Å². The van der Waals surface area contributed by atoms with Gasteiger partial charge in [-0.15, -0.1) is 0 Å². The van der Waals surface area contributed by atoms with Gasteiger partial charge in [0.05, 0.1) is 11.3 Å². The molecule has 1 aromatic rings. The number of fused-ring (bicyclic) bond motifs is 1. The number of nitro groups is 1. The first-order chi connectivity index (χ1) is 7.97. The van der Waals surface area contributed by atoms with Crippen LogP contribution in [0.3, 0.4) is 0 Å². The number of hydrogen-bond donors (Lipinski definition) is 2. The summed E-state index contributed by atoms with van der Waals surface area (Å²) in [5.41, 5.74) is 1.78. The van der Waals surface area contributed by atoms with E-state index < -0.39 is 4.92 Å². The summed E-state index contributed by atoms with van der Waals surface area (Å²) < 4.78 is 0. The number of hydrogen-bond acceptors (Lipinski definition) is 4. The van der Waals surface area contributed by atoms with Crippen molar-refractivity contribution >= 4 is 23.0 Å². The van der Waals surface area contributed by atoms with Gasteiger partial charge in [-0.3, -0.25) is 14.9 Å². The SMILES string of the molecule is CC(C)Nc1cc2c(cc1[N+](=O)[O-])CC(=O)N2. The van der Waals surface area contributed by atoms with Crippen molar-refractivity contribution in [3.8, 4) is 0 Å². The molecular formula is C11H13N3O3. The Kier molecular flexibility index (Phi) is 2.71. The Morgan fingerprint density at radius 3 is 2.76 bits per heavy atom. The lowest BCUT2D eigenvalue weighted by atomic mass is 10.1. The second-order valence-electron chi connectivity index (χ2n) is 4.31. The van der Waals surface area contributed by atoms with Crippen LogP contribution in [0.4, 0.5) is 17.1 Å². The van der Waals surface area contributed by atoms with Crippen LogP contribution in [-0.2, 0) is 11.2 Å². The van der Waals surface area contributed by atoms with Gasteiger partial charge in [-0.2, -0.15) is 0 Å². The minimum atomic E-state index is -0.437. The molecule has 1 aliphatic rings. The van der Waals surface area contributed by atoms with Crippen molar-refractivity contribution in [2.75, 3.05) is 10.6 Å². The van der Waals surface area contributed by atoms with Gasteiger partial charge < -0.3 is 10.6 Å². The fourth-order valence-electron chi connectivity index (χ4n) is 1.84. The van der Waals surface area contributed by atoms with Gasteiger partial charge in [-0.25, -0.2) is 0 Å². The number of benzene rings is 1. The quantitative estimate of drug-likeness (QED) is 0.619. The number of rotatable bonds is 3. The van der Waals surface area contributed by atoms with Gasteiger partial charge in [0.15, 0.2) is 0 Å². The van der Waals surface area contributed by atoms with E-state index in [1.54, 1.807) is 6.07 Å². The van der Waals surface area contributed by atoms with Gasteiger partial charge in [0, 0.05) is 17.8 Å². The van der Waals surface area contributed by atoms with E-state index in [4.69, 9.17) is 0 Å². The fourth-order valence-corrected chi connectivity index (χ4v) is 1.84. The minimum absolute atomic E-state index is 0.00829. The molecule has 0 saturated heterocycles. The van der Waals surface area contributed by atoms with Crippen molar-refractivity contribution in [1.29, 1.82) is 0 Å². The molecule has 1 aliphatic heterocycles. The van der Waals surface area contributed by atoms with Crippen LogP contribution in [0.1, 0.15) is 19.4 Å². The largest absolute Gasteiger partial charge is 0.377 e. The number of amides is 1. The van der Waals surface area contributed by atoms with Crippen LogP contribution in [0.2, 0.25) is 0 Å². The minimum Gasteiger partial charge on any atom is -0.377 e. The molecule has 0 radical (unpaired) electrons. The first-order valence-corrected chi connectivity index (χ1v) is 5.35. The maximum absolute atomic E-state index is 11.2. The zero-order chi connectivity index (χ0) is 12.6. The predicted molar refractivity (Wildman–Crippen MR) is 64.2 cm³/mol. The van der Waals surface area contributed by atoms with Crippen molar-refractivity contribution in [2.45, 2.75) is 26.3 Å². The van der Waals surface area contributed by atoms with Crippen LogP contribution in [0.15, 0.2) is 12.1 Å². The molecule has 2 N–H and O–H groups in total. The lowest BCUT2D eigenvalue weighted by Crippen LogP contribution is -2.11. The lowest BCUT2D eigenvalue weighted by Gasteiger charge is -2.11. The monoisotopic (exact) mass is 235 g/mol. The molecule has 1 heterocycles. The van der Waals surface area contributed by atoms with E-state index >= 15 is 0 Å². The molecule has 0 unspecified atom stereocenters. The van der Waals surface area contributed by atoms with Gasteiger partial charge >= 0.3 is 0 Å². The highest BCUT2D eigenvalue weighted by Gasteiger charge is 2.24. The maximum Gasteiger partial charge on any atom is 0.292 e. The number of carbonyl (C=O) groups excluding carboxylic acids is 1. The average Bonchev–Trinajstić information content (AvgIpc) is 2.54. The summed E-state index contributed by atoms with van der Waals surface area (Å²) in [6, 6.07) is 3.17. The van der Waals surface area contributed by atoms with E-state index in [1.165, 1.54) is 6.07 Å². The Balaban J connectivity index is 2.47. The van der Waals surface area contributed by atoms with Gasteiger partial charge in [0.25, 0.3) is 5.69 Å². The Morgan fingerprint density at radius 2 is 2.18 bits per heavy atom. The van der Waals surface area contributed by atoms with Crippen molar-refractivity contribution in [1.82, 2.24) is 0 Å². The highest BCUT2D eigenvalue weighted by molar-refractivity contribution is 6.00. The predicted octanol–water partition coefficient (Wildman–Crippen LogP) is 1.91. The van der Waals surface area contributed by atoms with E-state index in [2.05, 4.69) is 10.6 Å². The number of anilines is 2. The van der Waals surface area contributed by atoms with Crippen molar-refractivity contribution in [3.05, 3.63) is 27.8 Å². The Labute approximate surface area is 98.2 Å². The van der Waals surface area contributed by atoms with Gasteiger partial charge in [-0.1, -0.05) is 0 Å². The molecule has 0 atom stereocenters. The summed E-state index contributed by atoms with van der Waals surface area (Å²) in [6.07, 6.45) is 0.206. The van der Waals surface area contributed by atoms with Crippen molar-refractivity contribution < 1.29 is 9.72 Å². The third-order valence-electron chi connectivity index (χ3n) is 2.49. The molecule has 90 valence electrons. The smallest absolute Gasteiger partial charge is 0.292 e. The van der Waals surface area contributed by atoms with Crippen LogP contribution < -0.4 is 10.6 Å². The average molecular weight is 235 g/mol. The van der Waals surface area contributed by atoms with Gasteiger partial charge in [-0.05, 0) is 25.5 Å².